The van der Waals surface area contributed by atoms with E-state index in [9.17, 15) is 33.3 Å². The van der Waals surface area contributed by atoms with Gasteiger partial charge in [0.2, 0.25) is 5.91 Å². The zero-order valence-corrected chi connectivity index (χ0v) is 30.0. The Labute approximate surface area is 294 Å². The van der Waals surface area contributed by atoms with Gasteiger partial charge in [-0.3, -0.25) is 23.5 Å². The van der Waals surface area contributed by atoms with E-state index in [1.807, 2.05) is 0 Å². The fourth-order valence-electron chi connectivity index (χ4n) is 4.69. The number of hydrogen-bond acceptors (Lipinski definition) is 14. The topological polar surface area (TPSA) is 198 Å². The van der Waals surface area contributed by atoms with Gasteiger partial charge in [0, 0.05) is 37.0 Å². The van der Waals surface area contributed by atoms with Crippen LogP contribution in [0.3, 0.4) is 0 Å². The molecule has 1 aromatic carbocycles. The Hall–Kier alpha value is -4.06. The van der Waals surface area contributed by atoms with Crippen LogP contribution in [0.2, 0.25) is 0 Å². The minimum atomic E-state index is -5.33. The highest BCUT2D eigenvalue weighted by Crippen LogP contribution is 2.70. The van der Waals surface area contributed by atoms with Crippen molar-refractivity contribution < 1.29 is 60.4 Å². The first kappa shape index (κ1) is 41.4. The summed E-state index contributed by atoms with van der Waals surface area (Å²) in [6.07, 6.45) is -8.01. The number of ether oxygens (including phenoxy) is 3. The van der Waals surface area contributed by atoms with Gasteiger partial charge in [-0.25, -0.2) is 13.9 Å². The smallest absolute Gasteiger partial charge is 0.385 e. The molecule has 0 saturated carbocycles. The second-order valence-corrected chi connectivity index (χ2v) is 16.0. The van der Waals surface area contributed by atoms with E-state index in [1.165, 1.54) is 45.0 Å². The lowest BCUT2D eigenvalue weighted by Gasteiger charge is -2.31. The van der Waals surface area contributed by atoms with Crippen molar-refractivity contribution in [1.29, 1.82) is 0 Å². The van der Waals surface area contributed by atoms with E-state index in [0.29, 0.717) is 4.57 Å². The second-order valence-electron chi connectivity index (χ2n) is 11.8. The average molecular weight is 763 g/mol. The number of esters is 2. The highest BCUT2D eigenvalue weighted by molar-refractivity contribution is 8.56. The normalized spacial score (nSPS) is 21.9. The van der Waals surface area contributed by atoms with Crippen LogP contribution >= 0.6 is 18.1 Å². The quantitative estimate of drug-likeness (QED) is 0.122. The Morgan fingerprint density at radius 3 is 2.29 bits per heavy atom. The molecule has 2 heterocycles. The lowest BCUT2D eigenvalue weighted by atomic mass is 9.96. The van der Waals surface area contributed by atoms with Gasteiger partial charge in [-0.15, -0.1) is 0 Å². The molecule has 6 atom stereocenters. The number of carbonyl (C=O) groups excluding carboxylic acids is 5. The van der Waals surface area contributed by atoms with Crippen LogP contribution in [0.1, 0.15) is 66.0 Å². The van der Waals surface area contributed by atoms with Gasteiger partial charge in [-0.2, -0.15) is 13.8 Å². The van der Waals surface area contributed by atoms with Gasteiger partial charge in [0.1, 0.15) is 35.3 Å². The molecule has 1 amide bonds. The summed E-state index contributed by atoms with van der Waals surface area (Å²) in [6, 6.07) is 6.77. The van der Waals surface area contributed by atoms with Crippen LogP contribution in [0.5, 0.6) is 5.75 Å². The van der Waals surface area contributed by atoms with Gasteiger partial charge in [0.05, 0.1) is 20.0 Å². The standard InChI is InChI=1S/C31H38F3N4O11PS/c1-18(39)11-13-24(41)35-23-15-16-38(29(44)36-23)28-30(4,32)26(48-25(42)14-12-19(2)40)22(47-28)17-31(33,34)50(45,49-21-9-7-6-8-10-21)51-37-20(3)27(43)46-5/h6-10,15-16,20,22,26,28,37H,11-14,17H2,1-5H3,(H,35,36,41,44)/t20?,22-,26-,28-,30-,50?/m1/s1. The number of nitrogens with one attached hydrogen (secondary N) is 2. The molecular weight excluding hydrogens is 724 g/mol. The van der Waals surface area contributed by atoms with Crippen LogP contribution in [-0.2, 0) is 42.7 Å². The van der Waals surface area contributed by atoms with E-state index >= 15 is 13.2 Å². The predicted molar refractivity (Wildman–Crippen MR) is 177 cm³/mol. The average Bonchev–Trinajstić information content (AvgIpc) is 3.29. The van der Waals surface area contributed by atoms with Gasteiger partial charge in [0.15, 0.2) is 18.0 Å². The van der Waals surface area contributed by atoms with Gasteiger partial charge in [0.25, 0.3) is 0 Å². The maximum atomic E-state index is 16.7. The number of hydrogen-bond donors (Lipinski definition) is 2. The van der Waals surface area contributed by atoms with Gasteiger partial charge in [-0.1, -0.05) is 18.2 Å². The summed E-state index contributed by atoms with van der Waals surface area (Å²) in [5.41, 5.74) is -8.51. The molecule has 1 aliphatic rings. The molecule has 0 bridgehead atoms. The molecule has 1 aliphatic heterocycles. The summed E-state index contributed by atoms with van der Waals surface area (Å²) in [6.45, 7) is -0.761. The SMILES string of the molecule is COC(=O)C(C)NSP(=O)(Oc1ccccc1)C(F)(F)C[C@H]1O[C@@H](n2ccc(NC(=O)CCC(C)=O)nc2=O)[C@](C)(F)[C@@H]1OC(=O)CCC(C)=O. The molecule has 15 nitrogen and oxygen atoms in total. The molecule has 1 saturated heterocycles. The first-order valence-corrected chi connectivity index (χ1v) is 18.5. The molecule has 51 heavy (non-hydrogen) atoms. The summed E-state index contributed by atoms with van der Waals surface area (Å²) in [5, 5.41) is 2.31. The van der Waals surface area contributed by atoms with E-state index in [0.717, 1.165) is 26.3 Å². The van der Waals surface area contributed by atoms with E-state index in [-0.39, 0.29) is 48.2 Å². The number of nitrogens with zero attached hydrogens (tertiary/aromatic N) is 2. The van der Waals surface area contributed by atoms with Crippen molar-refractivity contribution >= 4 is 53.4 Å². The first-order chi connectivity index (χ1) is 23.8. The number of amides is 1. The highest BCUT2D eigenvalue weighted by Gasteiger charge is 2.64. The molecular formula is C31H38F3N4O11PS. The Kier molecular flexibility index (Phi) is 14.1. The molecule has 0 radical (unpaired) electrons. The van der Waals surface area contributed by atoms with E-state index in [2.05, 4.69) is 19.8 Å². The first-order valence-electron chi connectivity index (χ1n) is 15.5. The highest BCUT2D eigenvalue weighted by atomic mass is 32.7. The molecule has 1 aromatic heterocycles. The number of rotatable bonds is 18. The number of alkyl halides is 3. The van der Waals surface area contributed by atoms with Crippen molar-refractivity contribution in [2.45, 2.75) is 95.6 Å². The monoisotopic (exact) mass is 762 g/mol. The van der Waals surface area contributed by atoms with Crippen LogP contribution < -0.4 is 20.3 Å². The molecule has 3 rings (SSSR count). The number of Topliss-reactive ketones (excluding diaryl/α,β-unsaturated/α-hetero) is 2. The fourth-order valence-corrected chi connectivity index (χ4v) is 8.08. The number of halogens is 3. The van der Waals surface area contributed by atoms with Crippen molar-refractivity contribution in [2.75, 3.05) is 12.4 Å². The molecule has 0 aliphatic carbocycles. The molecule has 1 fully saturated rings. The third kappa shape index (κ3) is 11.0. The minimum absolute atomic E-state index is 0.0697. The third-order valence-corrected chi connectivity index (χ3v) is 11.6. The molecule has 20 heteroatoms. The van der Waals surface area contributed by atoms with Gasteiger partial charge >= 0.3 is 29.9 Å². The number of ketones is 2. The Morgan fingerprint density at radius 1 is 1.08 bits per heavy atom. The van der Waals surface area contributed by atoms with E-state index < -0.39 is 84.5 Å². The van der Waals surface area contributed by atoms with Crippen LogP contribution in [0, 0.1) is 0 Å². The second kappa shape index (κ2) is 17.4. The van der Waals surface area contributed by atoms with Crippen LogP contribution in [-0.4, -0.2) is 75.7 Å². The minimum Gasteiger partial charge on any atom is -0.468 e. The fraction of sp³-hybridized carbons (Fsp3) is 0.516. The van der Waals surface area contributed by atoms with Crippen molar-refractivity contribution in [3.63, 3.8) is 0 Å². The largest absolute Gasteiger partial charge is 0.468 e. The number of para-hydroxylation sites is 1. The van der Waals surface area contributed by atoms with Gasteiger partial charge in [-0.05, 0) is 45.9 Å². The number of aromatic nitrogens is 2. The zero-order valence-electron chi connectivity index (χ0n) is 28.3. The molecule has 2 unspecified atom stereocenters. The molecule has 280 valence electrons. The summed E-state index contributed by atoms with van der Waals surface area (Å²) in [7, 11) is 1.06. The van der Waals surface area contributed by atoms with Crippen molar-refractivity contribution in [1.82, 2.24) is 14.3 Å². The van der Waals surface area contributed by atoms with Crippen molar-refractivity contribution in [3.8, 4) is 5.75 Å². The summed E-state index contributed by atoms with van der Waals surface area (Å²) >= 11 is -0.0823. The zero-order chi connectivity index (χ0) is 38.1. The van der Waals surface area contributed by atoms with Crippen LogP contribution in [0.25, 0.3) is 0 Å². The lowest BCUT2D eigenvalue weighted by Crippen LogP contribution is -2.45. The summed E-state index contributed by atoms with van der Waals surface area (Å²) in [4.78, 5) is 76.1. The Bertz CT molecular complexity index is 1710. The number of methoxy groups -OCH3 is 1. The summed E-state index contributed by atoms with van der Waals surface area (Å²) < 4.78 is 87.2. The third-order valence-electron chi connectivity index (χ3n) is 7.40. The lowest BCUT2D eigenvalue weighted by molar-refractivity contribution is -0.159. The molecule has 2 aromatic rings. The van der Waals surface area contributed by atoms with E-state index in [4.69, 9.17) is 14.0 Å². The Morgan fingerprint density at radius 2 is 1.71 bits per heavy atom. The van der Waals surface area contributed by atoms with Crippen LogP contribution in [0.15, 0.2) is 47.4 Å². The number of carbonyl (C=O) groups is 5. The van der Waals surface area contributed by atoms with Gasteiger partial charge < -0.3 is 33.6 Å². The molecule has 0 spiro atoms. The Balaban J connectivity index is 1.99. The maximum Gasteiger partial charge on any atom is 0.385 e. The van der Waals surface area contributed by atoms with Crippen LogP contribution in [0.4, 0.5) is 19.0 Å². The number of anilines is 1. The predicted octanol–water partition coefficient (Wildman–Crippen LogP) is 4.51. The van der Waals surface area contributed by atoms with Crippen molar-refractivity contribution in [3.05, 3.63) is 53.1 Å². The van der Waals surface area contributed by atoms with E-state index in [1.54, 1.807) is 6.07 Å². The molecule has 2 N–H and O–H groups in total. The van der Waals surface area contributed by atoms with Crippen molar-refractivity contribution in [2.24, 2.45) is 0 Å². The summed E-state index contributed by atoms with van der Waals surface area (Å²) in [5.74, 6) is -3.81. The number of benzene rings is 1. The maximum absolute atomic E-state index is 16.7.